The number of carboxylic acid groups (broad SMARTS) is 1. The number of rotatable bonds is 7. The van der Waals surface area contributed by atoms with Gasteiger partial charge in [-0.05, 0) is 43.4 Å². The molecular weight excluding hydrogens is 430 g/mol. The van der Waals surface area contributed by atoms with Crippen LogP contribution >= 0.6 is 0 Å². The van der Waals surface area contributed by atoms with E-state index >= 15 is 0 Å². The summed E-state index contributed by atoms with van der Waals surface area (Å²) in [5.74, 6) is -0.404. The van der Waals surface area contributed by atoms with Gasteiger partial charge in [0.1, 0.15) is 5.82 Å². The molecule has 0 amide bonds. The fourth-order valence-corrected chi connectivity index (χ4v) is 5.67. The van der Waals surface area contributed by atoms with E-state index in [4.69, 9.17) is 9.72 Å². The van der Waals surface area contributed by atoms with Crippen LogP contribution in [0.4, 0.5) is 0 Å². The lowest BCUT2D eigenvalue weighted by Crippen LogP contribution is -2.28. The van der Waals surface area contributed by atoms with Crippen molar-refractivity contribution in [1.82, 2.24) is 13.9 Å². The van der Waals surface area contributed by atoms with Crippen molar-refractivity contribution in [3.05, 3.63) is 36.3 Å². The van der Waals surface area contributed by atoms with Crippen LogP contribution in [0.2, 0.25) is 0 Å². The highest BCUT2D eigenvalue weighted by Crippen LogP contribution is 2.33. The maximum atomic E-state index is 13.1. The van der Waals surface area contributed by atoms with Crippen molar-refractivity contribution in [3.63, 3.8) is 0 Å². The minimum Gasteiger partial charge on any atom is -0.481 e. The van der Waals surface area contributed by atoms with E-state index in [9.17, 15) is 18.3 Å². The summed E-state index contributed by atoms with van der Waals surface area (Å²) in [6.07, 6.45) is 5.66. The Bertz CT molecular complexity index is 1150. The molecular formula is C23H31N3O5S. The molecule has 1 unspecified atom stereocenters. The first kappa shape index (κ1) is 22.8. The van der Waals surface area contributed by atoms with Gasteiger partial charge in [-0.1, -0.05) is 26.8 Å². The van der Waals surface area contributed by atoms with Gasteiger partial charge in [0, 0.05) is 31.4 Å². The maximum absolute atomic E-state index is 13.1. The number of carboxylic acids is 1. The number of aliphatic carboxylic acids is 1. The average molecular weight is 462 g/mol. The highest BCUT2D eigenvalue weighted by molar-refractivity contribution is 7.89. The Balaban J connectivity index is 1.73. The van der Waals surface area contributed by atoms with Crippen molar-refractivity contribution in [3.8, 4) is 0 Å². The zero-order valence-corrected chi connectivity index (χ0v) is 19.6. The normalized spacial score (nSPS) is 20.3. The fourth-order valence-electron chi connectivity index (χ4n) is 4.31. The van der Waals surface area contributed by atoms with Crippen LogP contribution < -0.4 is 0 Å². The van der Waals surface area contributed by atoms with E-state index in [1.807, 2.05) is 6.07 Å². The lowest BCUT2D eigenvalue weighted by Gasteiger charge is -2.28. The van der Waals surface area contributed by atoms with E-state index in [1.54, 1.807) is 12.1 Å². The molecule has 1 saturated heterocycles. The summed E-state index contributed by atoms with van der Waals surface area (Å²) < 4.78 is 35.1. The maximum Gasteiger partial charge on any atom is 0.312 e. The van der Waals surface area contributed by atoms with Crippen molar-refractivity contribution in [1.29, 1.82) is 0 Å². The second-order valence-electron chi connectivity index (χ2n) is 9.35. The number of nitrogens with zero attached hydrogens (tertiary/aromatic N) is 3. The van der Waals surface area contributed by atoms with Gasteiger partial charge in [-0.25, -0.2) is 13.4 Å². The molecule has 1 fully saturated rings. The zero-order valence-electron chi connectivity index (χ0n) is 18.8. The predicted octanol–water partition coefficient (Wildman–Crippen LogP) is 3.37. The quantitative estimate of drug-likeness (QED) is 0.678. The van der Waals surface area contributed by atoms with Crippen LogP contribution in [0, 0.1) is 11.8 Å². The number of fused-ring (bicyclic) bond motifs is 1. The minimum absolute atomic E-state index is 0.0952. The predicted molar refractivity (Wildman–Crippen MR) is 121 cm³/mol. The molecule has 1 N–H and O–H groups in total. The number of benzene rings is 1. The number of imidazole rings is 1. The van der Waals surface area contributed by atoms with Gasteiger partial charge < -0.3 is 14.4 Å². The molecule has 3 heterocycles. The van der Waals surface area contributed by atoms with Gasteiger partial charge in [-0.3, -0.25) is 9.10 Å². The number of hydrogen-bond acceptors (Lipinski definition) is 5. The highest BCUT2D eigenvalue weighted by Gasteiger charge is 2.32. The molecule has 0 saturated carbocycles. The smallest absolute Gasteiger partial charge is 0.312 e. The van der Waals surface area contributed by atoms with Gasteiger partial charge in [-0.2, -0.15) is 0 Å². The van der Waals surface area contributed by atoms with E-state index in [-0.39, 0.29) is 16.9 Å². The number of sulfonamides is 1. The van der Waals surface area contributed by atoms with Crippen LogP contribution in [0.3, 0.4) is 0 Å². The van der Waals surface area contributed by atoms with E-state index in [0.717, 1.165) is 54.7 Å². The van der Waals surface area contributed by atoms with Gasteiger partial charge in [0.05, 0.1) is 28.4 Å². The molecule has 1 aromatic carbocycles. The fraction of sp³-hybridized carbons (Fsp3) is 0.565. The van der Waals surface area contributed by atoms with Crippen molar-refractivity contribution in [2.24, 2.45) is 11.8 Å². The van der Waals surface area contributed by atoms with Gasteiger partial charge >= 0.3 is 5.97 Å². The summed E-state index contributed by atoms with van der Waals surface area (Å²) in [5.41, 5.74) is 1.41. The molecule has 0 aliphatic carbocycles. The SMILES string of the molecule is CCC(C)(C)c1nc2cc(S(=O)(=O)N3C=CC(C(=O)O)C3)ccc2n1CC1CCOCC1. The topological polar surface area (TPSA) is 102 Å². The van der Waals surface area contributed by atoms with Crippen molar-refractivity contribution >= 4 is 27.0 Å². The summed E-state index contributed by atoms with van der Waals surface area (Å²) in [6, 6.07) is 5.05. The van der Waals surface area contributed by atoms with E-state index < -0.39 is 21.9 Å². The number of aromatic nitrogens is 2. The van der Waals surface area contributed by atoms with Crippen LogP contribution in [-0.4, -0.2) is 53.1 Å². The molecule has 8 nitrogen and oxygen atoms in total. The Kier molecular flexibility index (Phi) is 6.06. The summed E-state index contributed by atoms with van der Waals surface area (Å²) in [5, 5.41) is 9.18. The minimum atomic E-state index is -3.85. The molecule has 2 aliphatic rings. The van der Waals surface area contributed by atoms with Gasteiger partial charge in [-0.15, -0.1) is 0 Å². The lowest BCUT2D eigenvalue weighted by atomic mass is 9.89. The Morgan fingerprint density at radius 1 is 1.28 bits per heavy atom. The van der Waals surface area contributed by atoms with Crippen LogP contribution in [0.1, 0.15) is 45.9 Å². The highest BCUT2D eigenvalue weighted by atomic mass is 32.2. The monoisotopic (exact) mass is 461 g/mol. The summed E-state index contributed by atoms with van der Waals surface area (Å²) in [7, 11) is -3.85. The Morgan fingerprint density at radius 2 is 2.00 bits per heavy atom. The van der Waals surface area contributed by atoms with Gasteiger partial charge in [0.25, 0.3) is 10.0 Å². The molecule has 4 rings (SSSR count). The molecule has 0 radical (unpaired) electrons. The van der Waals surface area contributed by atoms with Crippen molar-refractivity contribution < 1.29 is 23.1 Å². The standard InChI is InChI=1S/C23H31N3O5S/c1-4-23(2,3)22-24-19-13-18(32(29,30)25-10-7-17(15-25)21(27)28)5-6-20(19)26(22)14-16-8-11-31-12-9-16/h5-7,10,13,16-17H,4,8-9,11-12,14-15H2,1-3H3,(H,27,28). The second kappa shape index (κ2) is 8.51. The third kappa shape index (κ3) is 4.15. The van der Waals surface area contributed by atoms with Crippen LogP contribution in [0.15, 0.2) is 35.4 Å². The molecule has 2 aromatic rings. The first-order valence-electron chi connectivity index (χ1n) is 11.1. The molecule has 9 heteroatoms. The lowest BCUT2D eigenvalue weighted by molar-refractivity contribution is -0.139. The first-order valence-corrected chi connectivity index (χ1v) is 12.6. The Labute approximate surface area is 188 Å². The first-order chi connectivity index (χ1) is 15.1. The second-order valence-corrected chi connectivity index (χ2v) is 11.2. The van der Waals surface area contributed by atoms with Gasteiger partial charge in [0.2, 0.25) is 0 Å². The molecule has 2 aliphatic heterocycles. The number of ether oxygens (including phenoxy) is 1. The van der Waals surface area contributed by atoms with E-state index in [2.05, 4.69) is 25.3 Å². The van der Waals surface area contributed by atoms with Crippen LogP contribution in [0.25, 0.3) is 11.0 Å². The van der Waals surface area contributed by atoms with Crippen molar-refractivity contribution in [2.45, 2.75) is 56.9 Å². The molecule has 1 aromatic heterocycles. The number of carbonyl (C=O) groups is 1. The third-order valence-corrected chi connectivity index (χ3v) is 8.51. The summed E-state index contributed by atoms with van der Waals surface area (Å²) >= 11 is 0. The number of hydrogen-bond donors (Lipinski definition) is 1. The van der Waals surface area contributed by atoms with Crippen LogP contribution in [0.5, 0.6) is 0 Å². The largest absolute Gasteiger partial charge is 0.481 e. The van der Waals surface area contributed by atoms with E-state index in [0.29, 0.717) is 11.4 Å². The Hall–Kier alpha value is -2.39. The van der Waals surface area contributed by atoms with E-state index in [1.165, 1.54) is 12.3 Å². The summed E-state index contributed by atoms with van der Waals surface area (Å²) in [6.45, 7) is 8.73. The third-order valence-electron chi connectivity index (χ3n) is 6.78. The average Bonchev–Trinajstić information content (AvgIpc) is 3.41. The summed E-state index contributed by atoms with van der Waals surface area (Å²) in [4.78, 5) is 16.2. The molecule has 0 bridgehead atoms. The molecule has 174 valence electrons. The van der Waals surface area contributed by atoms with Crippen molar-refractivity contribution in [2.75, 3.05) is 19.8 Å². The molecule has 32 heavy (non-hydrogen) atoms. The van der Waals surface area contributed by atoms with Gasteiger partial charge in [0.15, 0.2) is 0 Å². The van der Waals surface area contributed by atoms with Crippen LogP contribution in [-0.2, 0) is 31.5 Å². The zero-order chi connectivity index (χ0) is 23.1. The molecule has 0 spiro atoms. The Morgan fingerprint density at radius 3 is 2.62 bits per heavy atom. The molecule has 1 atom stereocenters.